The van der Waals surface area contributed by atoms with Crippen molar-refractivity contribution in [3.8, 4) is 34.0 Å². The number of benzene rings is 3. The van der Waals surface area contributed by atoms with Gasteiger partial charge in [0, 0.05) is 31.8 Å². The predicted octanol–water partition coefficient (Wildman–Crippen LogP) is 6.71. The Kier molecular flexibility index (Phi) is 8.18. The lowest BCUT2D eigenvalue weighted by atomic mass is 9.97. The molecular weight excluding hydrogens is 538 g/mol. The molecule has 3 aromatic carbocycles. The van der Waals surface area contributed by atoms with Gasteiger partial charge in [-0.3, -0.25) is 4.90 Å². The molecule has 3 heterocycles. The van der Waals surface area contributed by atoms with Crippen molar-refractivity contribution in [2.45, 2.75) is 32.0 Å². The summed E-state index contributed by atoms with van der Waals surface area (Å²) in [4.78, 5) is 6.65. The Morgan fingerprint density at radius 1 is 0.927 bits per heavy atom. The summed E-state index contributed by atoms with van der Waals surface area (Å²) < 4.78 is 63.8. The van der Waals surface area contributed by atoms with Gasteiger partial charge < -0.3 is 14.1 Å². The van der Waals surface area contributed by atoms with Gasteiger partial charge in [0.2, 0.25) is 5.89 Å². The Hall–Kier alpha value is -4.09. The van der Waals surface area contributed by atoms with Crippen LogP contribution in [0.5, 0.6) is 0 Å². The number of aromatic nitrogens is 4. The van der Waals surface area contributed by atoms with Crippen molar-refractivity contribution in [3.05, 3.63) is 77.9 Å². The molecular formula is C30H29F4N5O2. The van der Waals surface area contributed by atoms with Crippen LogP contribution in [0.2, 0.25) is 0 Å². The van der Waals surface area contributed by atoms with Crippen LogP contribution in [0.4, 0.5) is 17.6 Å². The van der Waals surface area contributed by atoms with Gasteiger partial charge in [0.15, 0.2) is 11.4 Å². The molecule has 0 amide bonds. The quantitative estimate of drug-likeness (QED) is 0.238. The standard InChI is InChI=1S/C29H25F4N5O.CH4O/c1-37-17-34-36-27(37)23-15-21(30)8-9-22(23)19-6-5-7-20(14-19)28-35-25-13-18(16-38-10-3-2-4-11-38)12-24(26(25)39-28)29(31,32)33;1-2/h5-9,12-15,17H,2-4,10-11,16H2,1H3;2H,1H3. The molecule has 1 aliphatic heterocycles. The summed E-state index contributed by atoms with van der Waals surface area (Å²) in [6, 6.07) is 14.3. The SMILES string of the molecule is CO.Cn1cnnc1-c1cc(F)ccc1-c1cccc(-c2nc3cc(CN4CCCCC4)cc(C(F)(F)F)c3o2)c1. The van der Waals surface area contributed by atoms with Gasteiger partial charge >= 0.3 is 6.18 Å². The zero-order valence-electron chi connectivity index (χ0n) is 22.6. The number of aliphatic hydroxyl groups excluding tert-OH is 1. The molecule has 5 aromatic rings. The lowest BCUT2D eigenvalue weighted by Gasteiger charge is -2.26. The molecule has 0 unspecified atom stereocenters. The van der Waals surface area contributed by atoms with Crippen LogP contribution < -0.4 is 0 Å². The largest absolute Gasteiger partial charge is 0.435 e. The summed E-state index contributed by atoms with van der Waals surface area (Å²) >= 11 is 0. The van der Waals surface area contributed by atoms with Gasteiger partial charge in [-0.25, -0.2) is 9.37 Å². The first kappa shape index (κ1) is 28.4. The smallest absolute Gasteiger partial charge is 0.420 e. The number of halogens is 4. The van der Waals surface area contributed by atoms with E-state index in [4.69, 9.17) is 9.52 Å². The number of aliphatic hydroxyl groups is 1. The predicted molar refractivity (Wildman–Crippen MR) is 147 cm³/mol. The molecule has 0 bridgehead atoms. The number of hydrogen-bond acceptors (Lipinski definition) is 6. The minimum atomic E-state index is -4.59. The summed E-state index contributed by atoms with van der Waals surface area (Å²) in [6.07, 6.45) is 0.175. The Morgan fingerprint density at radius 3 is 2.39 bits per heavy atom. The summed E-state index contributed by atoms with van der Waals surface area (Å²) in [5.41, 5.74) is 2.04. The van der Waals surface area contributed by atoms with Gasteiger partial charge in [-0.15, -0.1) is 10.2 Å². The molecule has 0 spiro atoms. The summed E-state index contributed by atoms with van der Waals surface area (Å²) in [5.74, 6) is 0.134. The average Bonchev–Trinajstić information content (AvgIpc) is 3.60. The molecule has 11 heteroatoms. The second-order valence-corrected chi connectivity index (χ2v) is 9.88. The van der Waals surface area contributed by atoms with Crippen LogP contribution in [0.1, 0.15) is 30.4 Å². The van der Waals surface area contributed by atoms with E-state index in [2.05, 4.69) is 20.1 Å². The molecule has 6 rings (SSSR count). The molecule has 0 saturated carbocycles. The highest BCUT2D eigenvalue weighted by Crippen LogP contribution is 2.39. The van der Waals surface area contributed by atoms with Crippen LogP contribution in [0.15, 0.2) is 65.3 Å². The highest BCUT2D eigenvalue weighted by atomic mass is 19.4. The van der Waals surface area contributed by atoms with Gasteiger partial charge in [0.25, 0.3) is 0 Å². The molecule has 7 nitrogen and oxygen atoms in total. The van der Waals surface area contributed by atoms with E-state index in [0.717, 1.165) is 39.5 Å². The maximum absolute atomic E-state index is 14.2. The van der Waals surface area contributed by atoms with Gasteiger partial charge in [0.1, 0.15) is 23.2 Å². The van der Waals surface area contributed by atoms with Gasteiger partial charge in [-0.1, -0.05) is 24.6 Å². The molecule has 41 heavy (non-hydrogen) atoms. The van der Waals surface area contributed by atoms with Crippen molar-refractivity contribution < 1.29 is 27.1 Å². The second-order valence-electron chi connectivity index (χ2n) is 9.88. The summed E-state index contributed by atoms with van der Waals surface area (Å²) in [6.45, 7) is 2.18. The molecule has 1 fully saturated rings. The summed E-state index contributed by atoms with van der Waals surface area (Å²) in [7, 11) is 2.76. The van der Waals surface area contributed by atoms with Gasteiger partial charge in [0.05, 0.1) is 0 Å². The second kappa shape index (κ2) is 11.8. The molecule has 0 atom stereocenters. The topological polar surface area (TPSA) is 80.2 Å². The van der Waals surface area contributed by atoms with Crippen LogP contribution in [0, 0.1) is 5.82 Å². The first-order chi connectivity index (χ1) is 19.8. The van der Waals surface area contributed by atoms with E-state index in [1.165, 1.54) is 24.5 Å². The first-order valence-corrected chi connectivity index (χ1v) is 13.2. The fourth-order valence-electron chi connectivity index (χ4n) is 5.19. The normalized spacial score (nSPS) is 14.2. The average molecular weight is 568 g/mol. The fourth-order valence-corrected chi connectivity index (χ4v) is 5.19. The number of hydrogen-bond donors (Lipinski definition) is 1. The molecule has 0 aliphatic carbocycles. The Labute approximate surface area is 234 Å². The van der Waals surface area contributed by atoms with E-state index in [0.29, 0.717) is 40.2 Å². The first-order valence-electron chi connectivity index (χ1n) is 13.2. The van der Waals surface area contributed by atoms with E-state index < -0.39 is 17.6 Å². The Bertz CT molecular complexity index is 1650. The maximum Gasteiger partial charge on any atom is 0.420 e. The van der Waals surface area contributed by atoms with E-state index in [1.807, 2.05) is 6.07 Å². The molecule has 1 N–H and O–H groups in total. The Balaban J connectivity index is 0.00000165. The number of likely N-dealkylation sites (tertiary alicyclic amines) is 1. The minimum absolute atomic E-state index is 0.0785. The van der Waals surface area contributed by atoms with Crippen molar-refractivity contribution in [2.24, 2.45) is 7.05 Å². The highest BCUT2D eigenvalue weighted by molar-refractivity contribution is 5.84. The van der Waals surface area contributed by atoms with E-state index in [1.54, 1.807) is 41.9 Å². The molecule has 1 saturated heterocycles. The van der Waals surface area contributed by atoms with Crippen LogP contribution in [-0.4, -0.2) is 50.0 Å². The van der Waals surface area contributed by atoms with Crippen molar-refractivity contribution in [1.82, 2.24) is 24.6 Å². The van der Waals surface area contributed by atoms with Crippen LogP contribution >= 0.6 is 0 Å². The fraction of sp³-hybridized carbons (Fsp3) is 0.300. The number of piperidine rings is 1. The lowest BCUT2D eigenvalue weighted by Crippen LogP contribution is -2.29. The lowest BCUT2D eigenvalue weighted by molar-refractivity contribution is -0.136. The third-order valence-electron chi connectivity index (χ3n) is 7.06. The highest BCUT2D eigenvalue weighted by Gasteiger charge is 2.35. The number of aryl methyl sites for hydroxylation is 1. The number of oxazole rings is 1. The van der Waals surface area contributed by atoms with Gasteiger partial charge in [-0.05, 0) is 79.0 Å². The van der Waals surface area contributed by atoms with Crippen molar-refractivity contribution in [3.63, 3.8) is 0 Å². The van der Waals surface area contributed by atoms with E-state index >= 15 is 0 Å². The maximum atomic E-state index is 14.2. The molecule has 0 radical (unpaired) electrons. The summed E-state index contributed by atoms with van der Waals surface area (Å²) in [5, 5.41) is 15.0. The van der Waals surface area contributed by atoms with E-state index in [9.17, 15) is 17.6 Å². The van der Waals surface area contributed by atoms with Crippen molar-refractivity contribution >= 4 is 11.1 Å². The Morgan fingerprint density at radius 2 is 1.68 bits per heavy atom. The van der Waals surface area contributed by atoms with Crippen molar-refractivity contribution in [1.29, 1.82) is 0 Å². The zero-order chi connectivity index (χ0) is 29.1. The zero-order valence-corrected chi connectivity index (χ0v) is 22.6. The minimum Gasteiger partial charge on any atom is -0.435 e. The number of nitrogens with zero attached hydrogens (tertiary/aromatic N) is 5. The molecule has 214 valence electrons. The molecule has 2 aromatic heterocycles. The third kappa shape index (κ3) is 6.01. The number of fused-ring (bicyclic) bond motifs is 1. The van der Waals surface area contributed by atoms with Crippen LogP contribution in [0.25, 0.3) is 45.1 Å². The van der Waals surface area contributed by atoms with Crippen LogP contribution in [0.3, 0.4) is 0 Å². The van der Waals surface area contributed by atoms with Gasteiger partial charge in [-0.2, -0.15) is 13.2 Å². The van der Waals surface area contributed by atoms with Crippen LogP contribution in [-0.2, 0) is 19.8 Å². The van der Waals surface area contributed by atoms with E-state index in [-0.39, 0.29) is 17.0 Å². The monoisotopic (exact) mass is 567 g/mol. The van der Waals surface area contributed by atoms with Crippen molar-refractivity contribution in [2.75, 3.05) is 20.2 Å². The third-order valence-corrected chi connectivity index (χ3v) is 7.06. The number of rotatable bonds is 5. The molecule has 1 aliphatic rings. The number of alkyl halides is 3.